The van der Waals surface area contributed by atoms with Gasteiger partial charge in [-0.3, -0.25) is 9.36 Å². The first-order valence-electron chi connectivity index (χ1n) is 12.4. The molecule has 0 saturated carbocycles. The second-order valence-electron chi connectivity index (χ2n) is 9.41. The summed E-state index contributed by atoms with van der Waals surface area (Å²) in [6.07, 6.45) is 2.70. The first-order valence-corrected chi connectivity index (χ1v) is 12.4. The molecule has 2 aliphatic rings. The van der Waals surface area contributed by atoms with Gasteiger partial charge in [0.1, 0.15) is 35.1 Å². The maximum absolute atomic E-state index is 13.9. The van der Waals surface area contributed by atoms with Gasteiger partial charge in [0.15, 0.2) is 17.6 Å². The van der Waals surface area contributed by atoms with Crippen LogP contribution in [0.4, 0.5) is 5.82 Å². The molecule has 2 aliphatic heterocycles. The van der Waals surface area contributed by atoms with Crippen LogP contribution >= 0.6 is 0 Å². The Bertz CT molecular complexity index is 1580. The van der Waals surface area contributed by atoms with E-state index >= 15 is 0 Å². The number of rotatable bonds is 5. The van der Waals surface area contributed by atoms with Crippen molar-refractivity contribution >= 4 is 22.6 Å². The molecule has 37 heavy (non-hydrogen) atoms. The van der Waals surface area contributed by atoms with E-state index in [0.29, 0.717) is 65.9 Å². The Morgan fingerprint density at radius 1 is 1.11 bits per heavy atom. The summed E-state index contributed by atoms with van der Waals surface area (Å²) < 4.78 is 15.4. The van der Waals surface area contributed by atoms with Crippen molar-refractivity contribution in [2.45, 2.75) is 32.0 Å². The number of aromatic nitrogens is 3. The molecule has 4 heterocycles. The molecule has 2 aromatic heterocycles. The molecule has 186 valence electrons. The molecule has 0 aliphatic carbocycles. The zero-order valence-corrected chi connectivity index (χ0v) is 20.3. The Kier molecular flexibility index (Phi) is 5.85. The van der Waals surface area contributed by atoms with Crippen LogP contribution in [0, 0.1) is 16.7 Å². The summed E-state index contributed by atoms with van der Waals surface area (Å²) >= 11 is 0. The molecule has 4 aromatic rings. The van der Waals surface area contributed by atoms with Crippen LogP contribution in [-0.4, -0.2) is 45.6 Å². The molecule has 0 radical (unpaired) electrons. The summed E-state index contributed by atoms with van der Waals surface area (Å²) in [4.78, 5) is 20.6. The summed E-state index contributed by atoms with van der Waals surface area (Å²) in [6.45, 7) is 2.13. The Labute approximate surface area is 213 Å². The van der Waals surface area contributed by atoms with Gasteiger partial charge in [-0.25, -0.2) is 4.98 Å². The number of para-hydroxylation sites is 2. The average molecular weight is 495 g/mol. The van der Waals surface area contributed by atoms with Gasteiger partial charge in [0, 0.05) is 18.8 Å². The van der Waals surface area contributed by atoms with E-state index < -0.39 is 0 Å². The highest BCUT2D eigenvalue weighted by atomic mass is 16.6. The molecule has 0 bridgehead atoms. The van der Waals surface area contributed by atoms with Crippen molar-refractivity contribution in [3.8, 4) is 17.6 Å². The van der Waals surface area contributed by atoms with Crippen molar-refractivity contribution in [2.24, 2.45) is 0 Å². The molecule has 9 heteroatoms. The lowest BCUT2D eigenvalue weighted by Gasteiger charge is -2.30. The average Bonchev–Trinajstić information content (AvgIpc) is 3.24. The van der Waals surface area contributed by atoms with Gasteiger partial charge in [-0.1, -0.05) is 42.5 Å². The highest BCUT2D eigenvalue weighted by molar-refractivity contribution is 5.92. The van der Waals surface area contributed by atoms with E-state index in [1.807, 2.05) is 64.1 Å². The topological polar surface area (TPSA) is 109 Å². The van der Waals surface area contributed by atoms with E-state index in [9.17, 15) is 10.1 Å². The third-order valence-corrected chi connectivity index (χ3v) is 6.85. The number of ether oxygens (including phenoxy) is 2. The molecule has 0 spiro atoms. The van der Waals surface area contributed by atoms with Crippen molar-refractivity contribution in [3.05, 3.63) is 82.4 Å². The molecule has 2 aromatic carbocycles. The van der Waals surface area contributed by atoms with E-state index in [1.54, 1.807) is 0 Å². The molecular weight excluding hydrogens is 468 g/mol. The predicted molar refractivity (Wildman–Crippen MR) is 140 cm³/mol. The zero-order valence-electron chi connectivity index (χ0n) is 20.3. The van der Waals surface area contributed by atoms with Crippen LogP contribution in [0.3, 0.4) is 0 Å². The lowest BCUT2D eigenvalue weighted by molar-refractivity contribution is 0.0777. The van der Waals surface area contributed by atoms with Crippen LogP contribution in [0.2, 0.25) is 0 Å². The van der Waals surface area contributed by atoms with Crippen LogP contribution in [0.5, 0.6) is 11.5 Å². The van der Waals surface area contributed by atoms with E-state index in [0.717, 1.165) is 18.4 Å². The van der Waals surface area contributed by atoms with Crippen LogP contribution in [0.15, 0.2) is 65.7 Å². The van der Waals surface area contributed by atoms with Crippen LogP contribution in [0.1, 0.15) is 24.0 Å². The van der Waals surface area contributed by atoms with Crippen molar-refractivity contribution in [1.82, 2.24) is 14.1 Å². The van der Waals surface area contributed by atoms with Crippen molar-refractivity contribution in [3.63, 3.8) is 0 Å². The number of nitriles is 1. The van der Waals surface area contributed by atoms with E-state index in [1.165, 1.54) is 10.9 Å². The number of anilines is 1. The zero-order chi connectivity index (χ0) is 25.4. The largest absolute Gasteiger partial charge is 0.486 e. The van der Waals surface area contributed by atoms with E-state index in [4.69, 9.17) is 14.9 Å². The first kappa shape index (κ1) is 22.9. The summed E-state index contributed by atoms with van der Waals surface area (Å²) in [5, 5.41) is 18.4. The number of hydrogen-bond donors (Lipinski definition) is 1. The molecular formula is C28H26N6O3. The lowest BCUT2D eigenvalue weighted by Crippen LogP contribution is -2.38. The van der Waals surface area contributed by atoms with Crippen molar-refractivity contribution in [2.75, 3.05) is 24.6 Å². The lowest BCUT2D eigenvalue weighted by atomic mass is 10.1. The molecule has 0 amide bonds. The molecule has 1 N–H and O–H groups in total. The fourth-order valence-corrected chi connectivity index (χ4v) is 5.16. The third-order valence-electron chi connectivity index (χ3n) is 6.85. The molecule has 1 fully saturated rings. The summed E-state index contributed by atoms with van der Waals surface area (Å²) in [7, 11) is 0. The second kappa shape index (κ2) is 9.47. The smallest absolute Gasteiger partial charge is 0.278 e. The Morgan fingerprint density at radius 2 is 1.89 bits per heavy atom. The number of piperidine rings is 1. The Balaban J connectivity index is 1.45. The van der Waals surface area contributed by atoms with E-state index in [-0.39, 0.29) is 18.2 Å². The fraction of sp³-hybridized carbons (Fsp3) is 0.286. The number of nitrogens with one attached hydrogen (secondary N) is 1. The van der Waals surface area contributed by atoms with Gasteiger partial charge >= 0.3 is 0 Å². The predicted octanol–water partition coefficient (Wildman–Crippen LogP) is 3.58. The third kappa shape index (κ3) is 4.20. The quantitative estimate of drug-likeness (QED) is 0.454. The first-order chi connectivity index (χ1) is 18.1. The highest BCUT2D eigenvalue weighted by Crippen LogP contribution is 2.33. The van der Waals surface area contributed by atoms with Gasteiger partial charge in [0.25, 0.3) is 5.56 Å². The maximum Gasteiger partial charge on any atom is 0.278 e. The normalized spacial score (nSPS) is 17.1. The molecule has 1 saturated heterocycles. The monoisotopic (exact) mass is 494 g/mol. The minimum atomic E-state index is -0.359. The summed E-state index contributed by atoms with van der Waals surface area (Å²) in [5.74, 6) is 1.99. The molecule has 9 nitrogen and oxygen atoms in total. The van der Waals surface area contributed by atoms with Crippen LogP contribution in [0.25, 0.3) is 11.0 Å². The van der Waals surface area contributed by atoms with Crippen molar-refractivity contribution in [1.29, 1.82) is 10.7 Å². The van der Waals surface area contributed by atoms with Crippen molar-refractivity contribution < 1.29 is 9.47 Å². The van der Waals surface area contributed by atoms with Crippen LogP contribution in [-0.2, 0) is 13.1 Å². The summed E-state index contributed by atoms with van der Waals surface area (Å²) in [5.41, 5.74) is 2.53. The standard InChI is InChI=1S/C28H26N6O3/c29-13-22-25-26(28(35)33(18-31-25)16-21-17-36-23-10-4-5-11-24(23)37-21)34(14-19-7-2-1-3-8-19)27(22)32-12-6-9-20(30)15-32/h1-5,7-8,10-11,18,21,30H,6,9,12,14-17H2. The molecule has 1 atom stereocenters. The Hall–Kier alpha value is -4.58. The van der Waals surface area contributed by atoms with Gasteiger partial charge in [0.05, 0.1) is 19.4 Å². The maximum atomic E-state index is 13.9. The number of hydrogen-bond acceptors (Lipinski definition) is 7. The second-order valence-corrected chi connectivity index (χ2v) is 9.41. The van der Waals surface area contributed by atoms with E-state index in [2.05, 4.69) is 11.1 Å². The SMILES string of the molecule is N#Cc1c(N2CCCC(=N)C2)n(Cc2ccccc2)c2c(=O)n(CC3COc4ccccc4O3)cnc12. The van der Waals surface area contributed by atoms with Gasteiger partial charge in [-0.15, -0.1) is 0 Å². The van der Waals surface area contributed by atoms with Gasteiger partial charge in [0.2, 0.25) is 0 Å². The number of fused-ring (bicyclic) bond motifs is 2. The number of nitrogens with zero attached hydrogens (tertiary/aromatic N) is 5. The van der Waals surface area contributed by atoms with Gasteiger partial charge < -0.3 is 24.4 Å². The number of benzene rings is 2. The minimum absolute atomic E-state index is 0.238. The Morgan fingerprint density at radius 3 is 2.68 bits per heavy atom. The minimum Gasteiger partial charge on any atom is -0.486 e. The molecule has 1 unspecified atom stereocenters. The summed E-state index contributed by atoms with van der Waals surface area (Å²) in [6, 6.07) is 19.6. The van der Waals surface area contributed by atoms with Gasteiger partial charge in [-0.05, 0) is 30.5 Å². The highest BCUT2D eigenvalue weighted by Gasteiger charge is 2.29. The van der Waals surface area contributed by atoms with Gasteiger partial charge in [-0.2, -0.15) is 5.26 Å². The fourth-order valence-electron chi connectivity index (χ4n) is 5.16. The molecule has 6 rings (SSSR count). The van der Waals surface area contributed by atoms with Crippen LogP contribution < -0.4 is 19.9 Å².